The van der Waals surface area contributed by atoms with Crippen molar-refractivity contribution in [1.29, 1.82) is 0 Å². The number of hydrogen-bond acceptors (Lipinski definition) is 6. The molecule has 0 saturated heterocycles. The van der Waals surface area contributed by atoms with Crippen molar-refractivity contribution >= 4 is 35.1 Å². The van der Waals surface area contributed by atoms with E-state index in [-0.39, 0.29) is 17.1 Å². The van der Waals surface area contributed by atoms with Crippen LogP contribution in [0.3, 0.4) is 0 Å². The fraction of sp³-hybridized carbons (Fsp3) is 0.200. The van der Waals surface area contributed by atoms with E-state index < -0.39 is 42.7 Å². The number of rotatable bonds is 6. The zero-order valence-electron chi connectivity index (χ0n) is 20.5. The van der Waals surface area contributed by atoms with Gasteiger partial charge in [-0.2, -0.15) is 18.2 Å². The van der Waals surface area contributed by atoms with Crippen LogP contribution in [0.25, 0.3) is 16.8 Å². The summed E-state index contributed by atoms with van der Waals surface area (Å²) in [7, 11) is 0. The van der Waals surface area contributed by atoms with E-state index in [1.807, 2.05) is 0 Å². The van der Waals surface area contributed by atoms with Crippen molar-refractivity contribution in [3.8, 4) is 11.1 Å². The minimum Gasteiger partial charge on any atom is -0.475 e. The topological polar surface area (TPSA) is 143 Å². The van der Waals surface area contributed by atoms with Crippen LogP contribution in [0.1, 0.15) is 27.6 Å². The normalized spacial score (nSPS) is 12.8. The van der Waals surface area contributed by atoms with E-state index in [9.17, 15) is 27.5 Å². The van der Waals surface area contributed by atoms with Crippen LogP contribution in [0.5, 0.6) is 0 Å². The summed E-state index contributed by atoms with van der Waals surface area (Å²) in [4.78, 5) is 25.7. The van der Waals surface area contributed by atoms with Crippen molar-refractivity contribution in [2.24, 2.45) is 0 Å². The Bertz CT molecular complexity index is 1530. The maximum Gasteiger partial charge on any atom is 0.490 e. The van der Waals surface area contributed by atoms with Gasteiger partial charge in [0.2, 0.25) is 5.95 Å². The maximum absolute atomic E-state index is 15.4. The lowest BCUT2D eigenvalue weighted by Crippen LogP contribution is -2.34. The highest BCUT2D eigenvalue weighted by Crippen LogP contribution is 2.28. The van der Waals surface area contributed by atoms with Gasteiger partial charge in [-0.25, -0.2) is 18.1 Å². The summed E-state index contributed by atoms with van der Waals surface area (Å²) in [6.45, 7) is 1.08. The second-order valence-electron chi connectivity index (χ2n) is 8.33. The summed E-state index contributed by atoms with van der Waals surface area (Å²) in [5.41, 5.74) is 7.16. The molecule has 0 saturated carbocycles. The lowest BCUT2D eigenvalue weighted by atomic mass is 9.98. The Labute approximate surface area is 228 Å². The number of benzene rings is 2. The van der Waals surface area contributed by atoms with Crippen LogP contribution in [0.4, 0.5) is 27.9 Å². The number of carbonyl (C=O) groups is 2. The number of aliphatic carboxylic acids is 1. The fourth-order valence-electron chi connectivity index (χ4n) is 3.50. The van der Waals surface area contributed by atoms with E-state index in [1.165, 1.54) is 28.8 Å². The molecule has 2 aromatic heterocycles. The van der Waals surface area contributed by atoms with Gasteiger partial charge in [-0.05, 0) is 47.9 Å². The number of aromatic nitrogens is 3. The van der Waals surface area contributed by atoms with Crippen LogP contribution in [-0.2, 0) is 4.79 Å². The number of amides is 1. The second kappa shape index (κ2) is 12.3. The van der Waals surface area contributed by atoms with Crippen LogP contribution in [0, 0.1) is 12.7 Å². The van der Waals surface area contributed by atoms with E-state index >= 15 is 4.39 Å². The highest BCUT2D eigenvalue weighted by atomic mass is 35.5. The van der Waals surface area contributed by atoms with Gasteiger partial charge in [-0.1, -0.05) is 35.9 Å². The van der Waals surface area contributed by atoms with Gasteiger partial charge >= 0.3 is 12.1 Å². The van der Waals surface area contributed by atoms with Crippen LogP contribution < -0.4 is 11.1 Å². The van der Waals surface area contributed by atoms with Gasteiger partial charge in [-0.15, -0.1) is 5.10 Å². The second-order valence-corrected chi connectivity index (χ2v) is 8.77. The molecule has 2 heterocycles. The Morgan fingerprint density at radius 3 is 2.38 bits per heavy atom. The number of aliphatic hydroxyl groups excluding tert-OH is 1. The molecule has 0 aliphatic carbocycles. The Balaban J connectivity index is 0.000000559. The van der Waals surface area contributed by atoms with Gasteiger partial charge in [0.1, 0.15) is 18.1 Å². The van der Waals surface area contributed by atoms with Gasteiger partial charge in [0.15, 0.2) is 5.65 Å². The van der Waals surface area contributed by atoms with Crippen LogP contribution in [-0.4, -0.2) is 55.6 Å². The number of carbonyl (C=O) groups excluding carboxylic acids is 1. The van der Waals surface area contributed by atoms with Crippen molar-refractivity contribution in [3.63, 3.8) is 0 Å². The van der Waals surface area contributed by atoms with Crippen LogP contribution in [0.2, 0.25) is 5.02 Å². The van der Waals surface area contributed by atoms with E-state index in [0.717, 1.165) is 0 Å². The Morgan fingerprint density at radius 1 is 1.15 bits per heavy atom. The number of aryl methyl sites for hydroxylation is 1. The van der Waals surface area contributed by atoms with E-state index in [2.05, 4.69) is 15.4 Å². The van der Waals surface area contributed by atoms with Crippen molar-refractivity contribution in [2.45, 2.75) is 25.4 Å². The molecule has 4 rings (SSSR count). The van der Waals surface area contributed by atoms with Gasteiger partial charge in [0.25, 0.3) is 5.91 Å². The first-order valence-electron chi connectivity index (χ1n) is 11.3. The third-order valence-corrected chi connectivity index (χ3v) is 5.75. The fourth-order valence-corrected chi connectivity index (χ4v) is 3.63. The number of carboxylic acids is 1. The predicted octanol–water partition coefficient (Wildman–Crippen LogP) is 4.51. The molecule has 2 unspecified atom stereocenters. The molecular formula is C25H21ClF5N5O4. The lowest BCUT2D eigenvalue weighted by molar-refractivity contribution is -0.192. The van der Waals surface area contributed by atoms with Gasteiger partial charge < -0.3 is 21.3 Å². The molecular weight excluding hydrogens is 565 g/mol. The molecule has 2 aromatic carbocycles. The first kappa shape index (κ1) is 30.2. The zero-order valence-corrected chi connectivity index (χ0v) is 21.2. The monoisotopic (exact) mass is 585 g/mol. The largest absolute Gasteiger partial charge is 0.490 e. The molecule has 4 aromatic rings. The van der Waals surface area contributed by atoms with Gasteiger partial charge in [0.05, 0.1) is 12.1 Å². The lowest BCUT2D eigenvalue weighted by Gasteiger charge is -2.18. The highest BCUT2D eigenvalue weighted by molar-refractivity contribution is 6.30. The Hall–Kier alpha value is -4.30. The predicted molar refractivity (Wildman–Crippen MR) is 135 cm³/mol. The smallest absolute Gasteiger partial charge is 0.475 e. The molecule has 212 valence electrons. The van der Waals surface area contributed by atoms with Gasteiger partial charge in [-0.3, -0.25) is 4.79 Å². The zero-order chi connectivity index (χ0) is 29.8. The number of nitrogen functional groups attached to an aromatic ring is 1. The minimum absolute atomic E-state index is 0.0816. The first-order valence-corrected chi connectivity index (χ1v) is 11.6. The molecule has 0 aliphatic heterocycles. The first-order chi connectivity index (χ1) is 18.7. The van der Waals surface area contributed by atoms with Crippen molar-refractivity contribution in [1.82, 2.24) is 19.9 Å². The summed E-state index contributed by atoms with van der Waals surface area (Å²) in [6.07, 6.45) is -6.77. The molecule has 0 spiro atoms. The number of anilines is 1. The minimum atomic E-state index is -5.08. The molecule has 0 fully saturated rings. The number of halogens is 6. The summed E-state index contributed by atoms with van der Waals surface area (Å²) in [5, 5.41) is 24.1. The summed E-state index contributed by atoms with van der Waals surface area (Å²) in [5.74, 6) is -4.21. The van der Waals surface area contributed by atoms with Crippen molar-refractivity contribution in [2.75, 3.05) is 12.3 Å². The number of nitrogens with two attached hydrogens (primary N) is 1. The third-order valence-electron chi connectivity index (χ3n) is 5.50. The van der Waals surface area contributed by atoms with Gasteiger partial charge in [0, 0.05) is 16.8 Å². The van der Waals surface area contributed by atoms with E-state index in [1.54, 1.807) is 37.4 Å². The SMILES string of the molecule is Cc1ccc(-c2ccn3nc(N)nc3c2)c(F)c1C(=O)NCC(F)C(O)c1ccc(Cl)cc1.O=C(O)C(F)(F)F. The molecule has 9 nitrogen and oxygen atoms in total. The van der Waals surface area contributed by atoms with Crippen molar-refractivity contribution in [3.05, 3.63) is 82.3 Å². The Morgan fingerprint density at radius 2 is 1.77 bits per heavy atom. The van der Waals surface area contributed by atoms with Crippen LogP contribution in [0.15, 0.2) is 54.7 Å². The average Bonchev–Trinajstić information content (AvgIpc) is 3.26. The number of nitrogens with zero attached hydrogens (tertiary/aromatic N) is 3. The number of hydrogen-bond donors (Lipinski definition) is 4. The number of alkyl halides is 4. The molecule has 0 radical (unpaired) electrons. The van der Waals surface area contributed by atoms with Crippen LogP contribution >= 0.6 is 11.6 Å². The molecule has 40 heavy (non-hydrogen) atoms. The average molecular weight is 586 g/mol. The molecule has 15 heteroatoms. The molecule has 0 bridgehead atoms. The molecule has 5 N–H and O–H groups in total. The molecule has 2 atom stereocenters. The quantitative estimate of drug-likeness (QED) is 0.244. The number of pyridine rings is 1. The number of nitrogens with one attached hydrogen (secondary N) is 1. The third kappa shape index (κ3) is 7.21. The Kier molecular flexibility index (Phi) is 9.27. The van der Waals surface area contributed by atoms with E-state index in [4.69, 9.17) is 27.2 Å². The molecule has 1 amide bonds. The highest BCUT2D eigenvalue weighted by Gasteiger charge is 2.38. The van der Waals surface area contributed by atoms with E-state index in [0.29, 0.717) is 27.4 Å². The summed E-state index contributed by atoms with van der Waals surface area (Å²) < 4.78 is 63.1. The summed E-state index contributed by atoms with van der Waals surface area (Å²) in [6, 6.07) is 12.4. The standard InChI is InChI=1S/C23H20ClF2N5O2.C2HF3O2/c1-12-2-7-16(14-8-9-31-18(10-14)29-23(27)30-31)20(26)19(12)22(33)28-11-17(25)21(32)13-3-5-15(24)6-4-13;3-2(4,5)1(6)7/h2-10,17,21,32H,11H2,1H3,(H2,27,30)(H,28,33);(H,6,7). The molecule has 0 aliphatic rings. The van der Waals surface area contributed by atoms with Crippen molar-refractivity contribution < 1.29 is 41.8 Å². The maximum atomic E-state index is 15.4. The number of carboxylic acid groups (broad SMARTS) is 1. The number of aliphatic hydroxyl groups is 1. The number of fused-ring (bicyclic) bond motifs is 1. The summed E-state index contributed by atoms with van der Waals surface area (Å²) >= 11 is 5.80.